The second kappa shape index (κ2) is 9.37. The number of carbonyl (C=O) groups excluding carboxylic acids is 1. The fraction of sp³-hybridized carbons (Fsp3) is 0.385. The topological polar surface area (TPSA) is 79.5 Å². The van der Waals surface area contributed by atoms with Gasteiger partial charge in [-0.25, -0.2) is 14.2 Å². The molecule has 8 heteroatoms. The summed E-state index contributed by atoms with van der Waals surface area (Å²) in [5, 5.41) is 3.90. The van der Waals surface area contributed by atoms with E-state index in [1.54, 1.807) is 31.5 Å². The molecule has 0 spiro atoms. The predicted octanol–water partition coefficient (Wildman–Crippen LogP) is 5.29. The molecule has 1 fully saturated rings. The Bertz CT molecular complexity index is 1250. The van der Waals surface area contributed by atoms with Crippen LogP contribution in [0.3, 0.4) is 0 Å². The first-order valence-corrected chi connectivity index (χ1v) is 11.7. The Morgan fingerprint density at radius 2 is 1.94 bits per heavy atom. The van der Waals surface area contributed by atoms with E-state index in [0.717, 1.165) is 47.8 Å². The van der Waals surface area contributed by atoms with Crippen LogP contribution in [0, 0.1) is 0 Å². The molecular formula is C26H29FN4O3. The first-order chi connectivity index (χ1) is 16.6. The molecule has 0 bridgehead atoms. The minimum atomic E-state index is -0.273. The number of hydrogen-bond acceptors (Lipinski definition) is 4. The molecule has 5 rings (SSSR count). The predicted molar refractivity (Wildman–Crippen MR) is 130 cm³/mol. The molecule has 0 unspecified atom stereocenters. The summed E-state index contributed by atoms with van der Waals surface area (Å²) in [5.41, 5.74) is 3.93. The summed E-state index contributed by atoms with van der Waals surface area (Å²) >= 11 is 0. The first-order valence-electron chi connectivity index (χ1n) is 11.7. The number of urea groups is 1. The van der Waals surface area contributed by atoms with Crippen molar-refractivity contribution in [3.8, 4) is 22.6 Å². The zero-order valence-corrected chi connectivity index (χ0v) is 19.5. The van der Waals surface area contributed by atoms with Gasteiger partial charge in [0.05, 0.1) is 20.8 Å². The Kier molecular flexibility index (Phi) is 6.13. The van der Waals surface area contributed by atoms with Gasteiger partial charge in [0.1, 0.15) is 11.5 Å². The fourth-order valence-corrected chi connectivity index (χ4v) is 4.94. The maximum atomic E-state index is 15.3. The Balaban J connectivity index is 1.41. The Morgan fingerprint density at radius 1 is 1.15 bits per heavy atom. The van der Waals surface area contributed by atoms with Gasteiger partial charge in [-0.05, 0) is 48.6 Å². The number of nitrogens with zero attached hydrogens (tertiary/aromatic N) is 2. The van der Waals surface area contributed by atoms with Gasteiger partial charge in [0, 0.05) is 41.5 Å². The van der Waals surface area contributed by atoms with Crippen molar-refractivity contribution in [1.82, 2.24) is 20.2 Å². The van der Waals surface area contributed by atoms with E-state index in [1.165, 1.54) is 0 Å². The highest BCUT2D eigenvalue weighted by atomic mass is 19.1. The van der Waals surface area contributed by atoms with Crippen molar-refractivity contribution in [2.24, 2.45) is 0 Å². The molecule has 2 N–H and O–H groups in total. The van der Waals surface area contributed by atoms with Gasteiger partial charge < -0.3 is 24.7 Å². The van der Waals surface area contributed by atoms with Crippen LogP contribution < -0.4 is 14.8 Å². The minimum Gasteiger partial charge on any atom is -0.493 e. The van der Waals surface area contributed by atoms with E-state index in [4.69, 9.17) is 9.47 Å². The average Bonchev–Trinajstić information content (AvgIpc) is 3.53. The molecule has 178 valence electrons. The number of rotatable bonds is 5. The number of carbonyl (C=O) groups is 1. The van der Waals surface area contributed by atoms with Crippen molar-refractivity contribution in [2.75, 3.05) is 27.3 Å². The molecule has 2 aromatic heterocycles. The van der Waals surface area contributed by atoms with E-state index in [2.05, 4.69) is 15.3 Å². The largest absolute Gasteiger partial charge is 0.493 e. The van der Waals surface area contributed by atoms with E-state index in [9.17, 15) is 4.79 Å². The number of methoxy groups -OCH3 is 2. The summed E-state index contributed by atoms with van der Waals surface area (Å²) in [5.74, 6) is 1.01. The summed E-state index contributed by atoms with van der Waals surface area (Å²) in [7, 11) is 3.20. The van der Waals surface area contributed by atoms with Crippen LogP contribution in [-0.4, -0.2) is 54.2 Å². The minimum absolute atomic E-state index is 0.0106. The monoisotopic (exact) mass is 464 g/mol. The van der Waals surface area contributed by atoms with E-state index >= 15 is 4.39 Å². The summed E-state index contributed by atoms with van der Waals surface area (Å²) in [4.78, 5) is 21.9. The van der Waals surface area contributed by atoms with Crippen LogP contribution in [-0.2, 0) is 0 Å². The van der Waals surface area contributed by atoms with Gasteiger partial charge in [-0.2, -0.15) is 0 Å². The molecule has 1 aromatic carbocycles. The molecule has 3 heterocycles. The zero-order valence-electron chi connectivity index (χ0n) is 19.5. The number of H-pyrrole nitrogens is 1. The molecule has 1 aliphatic carbocycles. The van der Waals surface area contributed by atoms with Crippen molar-refractivity contribution in [1.29, 1.82) is 0 Å². The van der Waals surface area contributed by atoms with Gasteiger partial charge >= 0.3 is 6.03 Å². The molecule has 0 saturated heterocycles. The van der Waals surface area contributed by atoms with Crippen molar-refractivity contribution >= 4 is 22.6 Å². The van der Waals surface area contributed by atoms with Gasteiger partial charge in [0.2, 0.25) is 0 Å². The van der Waals surface area contributed by atoms with Gasteiger partial charge in [-0.1, -0.05) is 18.9 Å². The van der Waals surface area contributed by atoms with E-state index in [0.29, 0.717) is 35.7 Å². The lowest BCUT2D eigenvalue weighted by molar-refractivity contribution is 0.193. The third-order valence-electron chi connectivity index (χ3n) is 6.83. The molecule has 1 saturated carbocycles. The summed E-state index contributed by atoms with van der Waals surface area (Å²) in [6.07, 6.45) is 8.34. The lowest BCUT2D eigenvalue weighted by Gasteiger charge is -2.29. The van der Waals surface area contributed by atoms with Crippen molar-refractivity contribution < 1.29 is 18.7 Å². The van der Waals surface area contributed by atoms with E-state index in [1.807, 2.05) is 24.3 Å². The van der Waals surface area contributed by atoms with E-state index in [-0.39, 0.29) is 24.4 Å². The number of aromatic amines is 1. The quantitative estimate of drug-likeness (QED) is 0.538. The number of halogens is 1. The van der Waals surface area contributed by atoms with Crippen LogP contribution in [0.5, 0.6) is 11.5 Å². The van der Waals surface area contributed by atoms with Crippen LogP contribution in [0.4, 0.5) is 9.18 Å². The third-order valence-corrected chi connectivity index (χ3v) is 6.83. The smallest absolute Gasteiger partial charge is 0.318 e. The Morgan fingerprint density at radius 3 is 2.68 bits per heavy atom. The summed E-state index contributed by atoms with van der Waals surface area (Å²) in [6.45, 7) is 0.472. The number of benzene rings is 1. The lowest BCUT2D eigenvalue weighted by atomic mass is 9.97. The maximum absolute atomic E-state index is 15.3. The molecule has 1 aliphatic heterocycles. The highest BCUT2D eigenvalue weighted by Gasteiger charge is 2.27. The highest BCUT2D eigenvalue weighted by molar-refractivity contribution is 5.94. The Labute approximate surface area is 198 Å². The number of pyridine rings is 1. The standard InChI is InChI=1S/C26H29FN4O3/c1-33-23-8-7-16(12-24(23)34-2)17-11-20-21(14-29-25(20)28-13-17)19-9-10-31(15-22(19)27)26(32)30-18-5-3-4-6-18/h7-8,11-14,18H,3-6,9-10,15H2,1-2H3,(H,28,29)(H,30,32). The summed E-state index contributed by atoms with van der Waals surface area (Å²) < 4.78 is 26.0. The van der Waals surface area contributed by atoms with Gasteiger partial charge in [-0.15, -0.1) is 0 Å². The maximum Gasteiger partial charge on any atom is 0.318 e. The normalized spacial score (nSPS) is 16.9. The van der Waals surface area contributed by atoms with Crippen molar-refractivity contribution in [3.05, 3.63) is 48.0 Å². The number of fused-ring (bicyclic) bond motifs is 1. The SMILES string of the molecule is COc1ccc(-c2cnc3[nH]cc(C4=C(F)CN(C(=O)NC5CCCC5)CC4)c3c2)cc1OC. The number of ether oxygens (including phenoxy) is 2. The third kappa shape index (κ3) is 4.20. The van der Waals surface area contributed by atoms with Gasteiger partial charge in [0.25, 0.3) is 0 Å². The van der Waals surface area contributed by atoms with Crippen LogP contribution in [0.1, 0.15) is 37.7 Å². The zero-order chi connectivity index (χ0) is 23.7. The van der Waals surface area contributed by atoms with Crippen LogP contribution in [0.25, 0.3) is 27.7 Å². The van der Waals surface area contributed by atoms with Crippen LogP contribution in [0.15, 0.2) is 42.5 Å². The lowest BCUT2D eigenvalue weighted by Crippen LogP contribution is -2.46. The van der Waals surface area contributed by atoms with Gasteiger partial charge in [-0.3, -0.25) is 0 Å². The molecule has 0 radical (unpaired) electrons. The number of hydrogen-bond donors (Lipinski definition) is 2. The second-order valence-corrected chi connectivity index (χ2v) is 8.88. The second-order valence-electron chi connectivity index (χ2n) is 8.88. The first kappa shape index (κ1) is 22.3. The van der Waals surface area contributed by atoms with E-state index < -0.39 is 0 Å². The van der Waals surface area contributed by atoms with Crippen molar-refractivity contribution in [3.63, 3.8) is 0 Å². The van der Waals surface area contributed by atoms with Gasteiger partial charge in [0.15, 0.2) is 11.5 Å². The molecular weight excluding hydrogens is 435 g/mol. The highest BCUT2D eigenvalue weighted by Crippen LogP contribution is 2.36. The Hall–Kier alpha value is -3.55. The average molecular weight is 465 g/mol. The number of nitrogens with one attached hydrogen (secondary N) is 2. The molecule has 3 aromatic rings. The molecule has 0 atom stereocenters. The number of amides is 2. The van der Waals surface area contributed by atoms with Crippen LogP contribution in [0.2, 0.25) is 0 Å². The molecule has 34 heavy (non-hydrogen) atoms. The number of aromatic nitrogens is 2. The summed E-state index contributed by atoms with van der Waals surface area (Å²) in [6, 6.07) is 7.75. The van der Waals surface area contributed by atoms with Crippen LogP contribution >= 0.6 is 0 Å². The fourth-order valence-electron chi connectivity index (χ4n) is 4.94. The van der Waals surface area contributed by atoms with Crippen molar-refractivity contribution in [2.45, 2.75) is 38.1 Å². The molecule has 2 amide bonds. The molecule has 7 nitrogen and oxygen atoms in total. The molecule has 2 aliphatic rings.